The van der Waals surface area contributed by atoms with Crippen LogP contribution in [0.5, 0.6) is 0 Å². The zero-order valence-corrected chi connectivity index (χ0v) is 11.5. The number of carbonyl (C=O) groups excluding carboxylic acids is 1. The van der Waals surface area contributed by atoms with E-state index in [1.165, 1.54) is 10.5 Å². The summed E-state index contributed by atoms with van der Waals surface area (Å²) in [6, 6.07) is 7.94. The summed E-state index contributed by atoms with van der Waals surface area (Å²) in [6.07, 6.45) is 1.42. The second-order valence-corrected chi connectivity index (χ2v) is 5.52. The number of aliphatic carboxylic acids is 1. The second-order valence-electron chi connectivity index (χ2n) is 5.08. The van der Waals surface area contributed by atoms with E-state index in [1.807, 2.05) is 24.3 Å². The summed E-state index contributed by atoms with van der Waals surface area (Å²) in [4.78, 5) is 12.6. The molecular formula is C14H18N2O2S. The summed E-state index contributed by atoms with van der Waals surface area (Å²) in [6.45, 7) is 2.68. The lowest BCUT2D eigenvalue weighted by Gasteiger charge is -2.29. The third-order valence-electron chi connectivity index (χ3n) is 3.72. The number of quaternary nitrogens is 1. The first-order valence-electron chi connectivity index (χ1n) is 6.49. The van der Waals surface area contributed by atoms with Crippen molar-refractivity contribution < 1.29 is 14.8 Å². The second kappa shape index (κ2) is 6.12. The highest BCUT2D eigenvalue weighted by molar-refractivity contribution is 7.80. The molecule has 0 atom stereocenters. The molecule has 5 heteroatoms. The number of hydrogen-bond donors (Lipinski definition) is 2. The van der Waals surface area contributed by atoms with Crippen LogP contribution in [0.25, 0.3) is 0 Å². The number of hydrogen-bond acceptors (Lipinski definition) is 3. The monoisotopic (exact) mass is 278 g/mol. The molecular weight excluding hydrogens is 260 g/mol. The Bertz CT molecular complexity index is 465. The van der Waals surface area contributed by atoms with Crippen LogP contribution in [-0.2, 0) is 11.3 Å². The zero-order valence-electron chi connectivity index (χ0n) is 10.7. The topological polar surface area (TPSA) is 70.6 Å². The number of carboxylic acids is 1. The molecule has 1 aromatic rings. The molecule has 19 heavy (non-hydrogen) atoms. The van der Waals surface area contributed by atoms with Gasteiger partial charge in [0.15, 0.2) is 0 Å². The Morgan fingerprint density at radius 3 is 2.37 bits per heavy atom. The molecule has 102 valence electrons. The molecule has 0 aliphatic carbocycles. The lowest BCUT2D eigenvalue weighted by Crippen LogP contribution is -3.11. The van der Waals surface area contributed by atoms with Crippen LogP contribution in [0.15, 0.2) is 24.3 Å². The van der Waals surface area contributed by atoms with Gasteiger partial charge in [-0.25, -0.2) is 0 Å². The van der Waals surface area contributed by atoms with Crippen molar-refractivity contribution in [2.45, 2.75) is 19.4 Å². The maximum absolute atomic E-state index is 10.8. The number of nitrogens with one attached hydrogen (secondary N) is 1. The molecule has 1 aromatic carbocycles. The average molecular weight is 278 g/mol. The van der Waals surface area contributed by atoms with Crippen molar-refractivity contribution in [1.82, 2.24) is 0 Å². The van der Waals surface area contributed by atoms with Gasteiger partial charge in [-0.05, 0) is 0 Å². The summed E-state index contributed by atoms with van der Waals surface area (Å²) in [5.74, 6) is -1.17. The number of thiocarbonyl (C=S) groups is 1. The number of carbonyl (C=O) groups is 1. The molecule has 4 nitrogen and oxygen atoms in total. The molecule has 1 aliphatic rings. The summed E-state index contributed by atoms with van der Waals surface area (Å²) in [5.41, 5.74) is 7.66. The van der Waals surface area contributed by atoms with Crippen LogP contribution in [-0.4, -0.2) is 24.0 Å². The van der Waals surface area contributed by atoms with Gasteiger partial charge in [-0.3, -0.25) is 0 Å². The average Bonchev–Trinajstić information content (AvgIpc) is 2.40. The first-order chi connectivity index (χ1) is 9.06. The number of carboxylic acid groups (broad SMARTS) is 1. The Hall–Kier alpha value is -1.46. The third-order valence-corrected chi connectivity index (χ3v) is 3.95. The van der Waals surface area contributed by atoms with Crippen molar-refractivity contribution in [2.75, 3.05) is 13.1 Å². The van der Waals surface area contributed by atoms with Gasteiger partial charge in [-0.1, -0.05) is 36.5 Å². The molecule has 0 unspecified atom stereocenters. The summed E-state index contributed by atoms with van der Waals surface area (Å²) in [7, 11) is 0. The molecule has 0 spiro atoms. The van der Waals surface area contributed by atoms with Gasteiger partial charge in [-0.2, -0.15) is 0 Å². The van der Waals surface area contributed by atoms with Crippen molar-refractivity contribution >= 4 is 23.2 Å². The summed E-state index contributed by atoms with van der Waals surface area (Å²) >= 11 is 4.92. The van der Waals surface area contributed by atoms with Crippen LogP contribution < -0.4 is 15.7 Å². The van der Waals surface area contributed by atoms with Gasteiger partial charge < -0.3 is 20.5 Å². The van der Waals surface area contributed by atoms with Crippen LogP contribution >= 0.6 is 12.2 Å². The molecule has 0 aromatic heterocycles. The standard InChI is InChI=1S/C14H18N2O2S/c15-13(19)11-3-1-10(2-4-11)9-16-7-5-12(6-8-16)14(17)18/h1-4,12H,5-9H2,(H2,15,19)(H,17,18). The number of piperidine rings is 1. The van der Waals surface area contributed by atoms with Gasteiger partial charge in [0, 0.05) is 35.9 Å². The molecule has 1 fully saturated rings. The predicted octanol–water partition coefficient (Wildman–Crippen LogP) is -1.13. The third kappa shape index (κ3) is 3.75. The molecule has 2 rings (SSSR count). The molecule has 1 saturated heterocycles. The van der Waals surface area contributed by atoms with Gasteiger partial charge >= 0.3 is 0 Å². The van der Waals surface area contributed by atoms with E-state index < -0.39 is 5.97 Å². The Kier molecular flexibility index (Phi) is 4.50. The van der Waals surface area contributed by atoms with E-state index in [9.17, 15) is 9.90 Å². The molecule has 1 heterocycles. The number of benzene rings is 1. The van der Waals surface area contributed by atoms with E-state index in [1.54, 1.807) is 0 Å². The highest BCUT2D eigenvalue weighted by Crippen LogP contribution is 2.09. The molecule has 0 amide bonds. The maximum atomic E-state index is 10.8. The first-order valence-corrected chi connectivity index (χ1v) is 6.90. The van der Waals surface area contributed by atoms with Gasteiger partial charge in [-0.15, -0.1) is 0 Å². The molecule has 0 bridgehead atoms. The van der Waals surface area contributed by atoms with E-state index in [-0.39, 0.29) is 5.92 Å². The number of rotatable bonds is 4. The Morgan fingerprint density at radius 1 is 1.32 bits per heavy atom. The highest BCUT2D eigenvalue weighted by atomic mass is 32.1. The minimum Gasteiger partial charge on any atom is -0.550 e. The zero-order chi connectivity index (χ0) is 13.8. The fourth-order valence-electron chi connectivity index (χ4n) is 2.51. The molecule has 0 saturated carbocycles. The SMILES string of the molecule is NC(=S)c1ccc(C[NH+]2CCC(C(=O)[O-])CC2)cc1. The smallest absolute Gasteiger partial charge is 0.103 e. The fraction of sp³-hybridized carbons (Fsp3) is 0.429. The Balaban J connectivity index is 1.88. The summed E-state index contributed by atoms with van der Waals surface area (Å²) in [5, 5.41) is 10.8. The van der Waals surface area contributed by atoms with E-state index in [4.69, 9.17) is 18.0 Å². The fourth-order valence-corrected chi connectivity index (χ4v) is 2.65. The van der Waals surface area contributed by atoms with Gasteiger partial charge in [0.2, 0.25) is 0 Å². The lowest BCUT2D eigenvalue weighted by atomic mass is 9.97. The normalized spacial score (nSPS) is 22.9. The Morgan fingerprint density at radius 2 is 1.89 bits per heavy atom. The predicted molar refractivity (Wildman–Crippen MR) is 74.5 cm³/mol. The highest BCUT2D eigenvalue weighted by Gasteiger charge is 2.22. The van der Waals surface area contributed by atoms with E-state index >= 15 is 0 Å². The first kappa shape index (κ1) is 14.0. The summed E-state index contributed by atoms with van der Waals surface area (Å²) < 4.78 is 0. The van der Waals surface area contributed by atoms with Crippen molar-refractivity contribution in [3.05, 3.63) is 35.4 Å². The minimum absolute atomic E-state index is 0.263. The number of likely N-dealkylation sites (tertiary alicyclic amines) is 1. The van der Waals surface area contributed by atoms with Crippen LogP contribution in [0.4, 0.5) is 0 Å². The van der Waals surface area contributed by atoms with Gasteiger partial charge in [0.1, 0.15) is 11.5 Å². The van der Waals surface area contributed by atoms with Crippen LogP contribution in [0.2, 0.25) is 0 Å². The van der Waals surface area contributed by atoms with E-state index in [2.05, 4.69) is 0 Å². The van der Waals surface area contributed by atoms with Crippen LogP contribution in [0, 0.1) is 5.92 Å². The largest absolute Gasteiger partial charge is 0.550 e. The van der Waals surface area contributed by atoms with Gasteiger partial charge in [0.25, 0.3) is 0 Å². The van der Waals surface area contributed by atoms with E-state index in [0.29, 0.717) is 17.8 Å². The lowest BCUT2D eigenvalue weighted by molar-refractivity contribution is -0.919. The maximum Gasteiger partial charge on any atom is 0.103 e. The Labute approximate surface area is 118 Å². The van der Waals surface area contributed by atoms with E-state index in [0.717, 1.165) is 25.2 Å². The molecule has 0 radical (unpaired) electrons. The van der Waals surface area contributed by atoms with Crippen molar-refractivity contribution in [1.29, 1.82) is 0 Å². The van der Waals surface area contributed by atoms with Gasteiger partial charge in [0.05, 0.1) is 13.1 Å². The van der Waals surface area contributed by atoms with Crippen molar-refractivity contribution in [2.24, 2.45) is 11.7 Å². The van der Waals surface area contributed by atoms with Crippen molar-refractivity contribution in [3.63, 3.8) is 0 Å². The molecule has 3 N–H and O–H groups in total. The quantitative estimate of drug-likeness (QED) is 0.684. The van der Waals surface area contributed by atoms with Crippen molar-refractivity contribution in [3.8, 4) is 0 Å². The van der Waals surface area contributed by atoms with Crippen LogP contribution in [0.3, 0.4) is 0 Å². The minimum atomic E-state index is -0.903. The van der Waals surface area contributed by atoms with Crippen LogP contribution in [0.1, 0.15) is 24.0 Å². The number of nitrogens with two attached hydrogens (primary N) is 1. The molecule has 1 aliphatic heterocycles.